The summed E-state index contributed by atoms with van der Waals surface area (Å²) in [5.41, 5.74) is -0.271. The first-order chi connectivity index (χ1) is 8.02. The number of thiol groups is 1. The highest BCUT2D eigenvalue weighted by Crippen LogP contribution is 2.38. The largest absolute Gasteiger partial charge is 0.434 e. The summed E-state index contributed by atoms with van der Waals surface area (Å²) in [6, 6.07) is 3.33. The van der Waals surface area contributed by atoms with Crippen molar-refractivity contribution in [2.45, 2.75) is 11.9 Å². The molecule has 0 radical (unpaired) electrons. The maximum absolute atomic E-state index is 12.7. The van der Waals surface area contributed by atoms with Crippen LogP contribution in [0.2, 0.25) is 0 Å². The molecule has 0 saturated carbocycles. The van der Waals surface area contributed by atoms with Crippen molar-refractivity contribution in [3.63, 3.8) is 0 Å². The maximum Gasteiger partial charge on any atom is 0.434 e. The fraction of sp³-hybridized carbons (Fsp3) is 0.200. The van der Waals surface area contributed by atoms with Gasteiger partial charge in [0.25, 0.3) is 0 Å². The fourth-order valence-electron chi connectivity index (χ4n) is 1.29. The van der Waals surface area contributed by atoms with E-state index in [1.54, 1.807) is 18.3 Å². The third kappa shape index (κ3) is 2.61. The van der Waals surface area contributed by atoms with E-state index >= 15 is 0 Å². The Balaban J connectivity index is 2.49. The fourth-order valence-corrected chi connectivity index (χ4v) is 2.57. The summed E-state index contributed by atoms with van der Waals surface area (Å²) in [6.07, 6.45) is -1.39. The van der Waals surface area contributed by atoms with Gasteiger partial charge in [-0.25, -0.2) is 4.98 Å². The number of thiazole rings is 1. The molecule has 0 aliphatic carbocycles. The summed E-state index contributed by atoms with van der Waals surface area (Å²) in [5, 5.41) is 0.314. The van der Waals surface area contributed by atoms with E-state index in [-0.39, 0.29) is 10.6 Å². The van der Waals surface area contributed by atoms with Gasteiger partial charge in [0.1, 0.15) is 5.01 Å². The van der Waals surface area contributed by atoms with Crippen LogP contribution in [0, 0.1) is 0 Å². The highest BCUT2D eigenvalue weighted by atomic mass is 32.1. The zero-order valence-electron chi connectivity index (χ0n) is 8.40. The minimum atomic E-state index is -4.44. The van der Waals surface area contributed by atoms with Gasteiger partial charge in [-0.2, -0.15) is 25.8 Å². The van der Waals surface area contributed by atoms with E-state index in [0.29, 0.717) is 10.6 Å². The van der Waals surface area contributed by atoms with Gasteiger partial charge < -0.3 is 0 Å². The molecular weight excluding hydrogens is 269 g/mol. The first-order valence-electron chi connectivity index (χ1n) is 4.60. The van der Waals surface area contributed by atoms with E-state index in [2.05, 4.69) is 22.6 Å². The minimum absolute atomic E-state index is 0.0206. The molecular formula is C10H7F3N2S2. The van der Waals surface area contributed by atoms with Crippen LogP contribution in [0.25, 0.3) is 10.6 Å². The molecule has 0 aromatic carbocycles. The van der Waals surface area contributed by atoms with E-state index in [0.717, 1.165) is 11.3 Å². The monoisotopic (exact) mass is 276 g/mol. The van der Waals surface area contributed by atoms with E-state index in [4.69, 9.17) is 0 Å². The van der Waals surface area contributed by atoms with Crippen LogP contribution in [-0.4, -0.2) is 9.97 Å². The van der Waals surface area contributed by atoms with Gasteiger partial charge in [0.2, 0.25) is 0 Å². The lowest BCUT2D eigenvalue weighted by Crippen LogP contribution is -2.07. The maximum atomic E-state index is 12.7. The highest BCUT2D eigenvalue weighted by molar-refractivity contribution is 7.79. The molecule has 2 nitrogen and oxygen atoms in total. The normalized spacial score (nSPS) is 11.8. The van der Waals surface area contributed by atoms with Crippen molar-refractivity contribution in [1.29, 1.82) is 0 Å². The lowest BCUT2D eigenvalue weighted by Gasteiger charge is -2.03. The van der Waals surface area contributed by atoms with Gasteiger partial charge in [-0.15, -0.1) is 11.3 Å². The molecule has 17 heavy (non-hydrogen) atoms. The number of hydrogen-bond acceptors (Lipinski definition) is 4. The van der Waals surface area contributed by atoms with Gasteiger partial charge in [-0.05, 0) is 12.1 Å². The molecule has 0 aliphatic rings. The topological polar surface area (TPSA) is 25.8 Å². The number of aromatic nitrogens is 2. The standard InChI is InChI=1S/C10H7F3N2S2/c11-10(12,13)8-7(5-16)17-9(15-8)6-2-1-3-14-4-6/h1-4,16H,5H2. The second-order valence-electron chi connectivity index (χ2n) is 3.19. The molecule has 0 fully saturated rings. The van der Waals surface area contributed by atoms with Crippen molar-refractivity contribution in [3.8, 4) is 10.6 Å². The Labute approximate surface area is 105 Å². The molecule has 0 aliphatic heterocycles. The smallest absolute Gasteiger partial charge is 0.264 e. The number of nitrogens with zero attached hydrogens (tertiary/aromatic N) is 2. The molecule has 0 spiro atoms. The molecule has 2 aromatic rings. The zero-order valence-corrected chi connectivity index (χ0v) is 10.1. The van der Waals surface area contributed by atoms with Gasteiger partial charge in [-0.1, -0.05) is 0 Å². The second kappa shape index (κ2) is 4.66. The average Bonchev–Trinajstić information content (AvgIpc) is 2.74. The summed E-state index contributed by atoms with van der Waals surface area (Å²) in [5.74, 6) is 0.0206. The lowest BCUT2D eigenvalue weighted by molar-refractivity contribution is -0.141. The second-order valence-corrected chi connectivity index (χ2v) is 4.59. The van der Waals surface area contributed by atoms with E-state index in [1.165, 1.54) is 6.20 Å². The van der Waals surface area contributed by atoms with Crippen LogP contribution in [-0.2, 0) is 11.9 Å². The molecule has 0 amide bonds. The van der Waals surface area contributed by atoms with Gasteiger partial charge in [-0.3, -0.25) is 4.98 Å². The molecule has 2 heterocycles. The number of halogens is 3. The van der Waals surface area contributed by atoms with Gasteiger partial charge >= 0.3 is 6.18 Å². The zero-order chi connectivity index (χ0) is 12.5. The Morgan fingerprint density at radius 2 is 2.12 bits per heavy atom. The predicted molar refractivity (Wildman–Crippen MR) is 63.0 cm³/mol. The number of hydrogen-bond donors (Lipinski definition) is 1. The molecule has 0 atom stereocenters. The average molecular weight is 276 g/mol. The van der Waals surface area contributed by atoms with Gasteiger partial charge in [0, 0.05) is 28.6 Å². The van der Waals surface area contributed by atoms with Crippen LogP contribution < -0.4 is 0 Å². The quantitative estimate of drug-likeness (QED) is 0.847. The molecule has 0 saturated heterocycles. The SMILES string of the molecule is FC(F)(F)c1nc(-c2cccnc2)sc1CS. The molecule has 7 heteroatoms. The van der Waals surface area contributed by atoms with Crippen molar-refractivity contribution < 1.29 is 13.2 Å². The summed E-state index contributed by atoms with van der Waals surface area (Å²) in [6.45, 7) is 0. The Kier molecular flexibility index (Phi) is 3.39. The van der Waals surface area contributed by atoms with E-state index < -0.39 is 11.9 Å². The summed E-state index contributed by atoms with van der Waals surface area (Å²) in [7, 11) is 0. The first-order valence-corrected chi connectivity index (χ1v) is 6.05. The molecule has 90 valence electrons. The third-order valence-electron chi connectivity index (χ3n) is 2.02. The van der Waals surface area contributed by atoms with Crippen LogP contribution >= 0.6 is 24.0 Å². The first kappa shape index (κ1) is 12.4. The van der Waals surface area contributed by atoms with Crippen LogP contribution in [0.1, 0.15) is 10.6 Å². The molecule has 0 unspecified atom stereocenters. The Bertz CT molecular complexity index is 508. The number of pyridine rings is 1. The molecule has 0 bridgehead atoms. The van der Waals surface area contributed by atoms with E-state index in [9.17, 15) is 13.2 Å². The number of rotatable bonds is 2. The summed E-state index contributed by atoms with van der Waals surface area (Å²) < 4.78 is 38.0. The summed E-state index contributed by atoms with van der Waals surface area (Å²) in [4.78, 5) is 7.61. The van der Waals surface area contributed by atoms with E-state index in [1.807, 2.05) is 0 Å². The van der Waals surface area contributed by atoms with Crippen LogP contribution in [0.15, 0.2) is 24.5 Å². The third-order valence-corrected chi connectivity index (χ3v) is 3.65. The molecule has 2 rings (SSSR count). The highest BCUT2D eigenvalue weighted by Gasteiger charge is 2.37. The van der Waals surface area contributed by atoms with Crippen LogP contribution in [0.4, 0.5) is 13.2 Å². The molecule has 0 N–H and O–H groups in total. The van der Waals surface area contributed by atoms with Gasteiger partial charge in [0.15, 0.2) is 5.69 Å². The van der Waals surface area contributed by atoms with Crippen LogP contribution in [0.3, 0.4) is 0 Å². The van der Waals surface area contributed by atoms with Crippen molar-refractivity contribution >= 4 is 24.0 Å². The van der Waals surface area contributed by atoms with Gasteiger partial charge in [0.05, 0.1) is 0 Å². The predicted octanol–water partition coefficient (Wildman–Crippen LogP) is 3.65. The minimum Gasteiger partial charge on any atom is -0.264 e. The van der Waals surface area contributed by atoms with Crippen molar-refractivity contribution in [3.05, 3.63) is 35.1 Å². The molecule has 2 aromatic heterocycles. The Morgan fingerprint density at radius 3 is 2.59 bits per heavy atom. The van der Waals surface area contributed by atoms with Crippen molar-refractivity contribution in [2.75, 3.05) is 0 Å². The summed E-state index contributed by atoms with van der Waals surface area (Å²) >= 11 is 4.88. The van der Waals surface area contributed by atoms with Crippen LogP contribution in [0.5, 0.6) is 0 Å². The number of alkyl halides is 3. The van der Waals surface area contributed by atoms with Crippen molar-refractivity contribution in [2.24, 2.45) is 0 Å². The Morgan fingerprint density at radius 1 is 1.35 bits per heavy atom. The van der Waals surface area contributed by atoms with Crippen molar-refractivity contribution in [1.82, 2.24) is 9.97 Å². The lowest BCUT2D eigenvalue weighted by atomic mass is 10.3. The Hall–Kier alpha value is -1.08.